The number of rotatable bonds is 6. The third-order valence-electron chi connectivity index (χ3n) is 2.25. The summed E-state index contributed by atoms with van der Waals surface area (Å²) in [6.45, 7) is 2.45. The van der Waals surface area contributed by atoms with Crippen molar-refractivity contribution in [1.82, 2.24) is 0 Å². The molecule has 0 saturated carbocycles. The van der Waals surface area contributed by atoms with Crippen LogP contribution in [-0.2, 0) is 28.7 Å². The van der Waals surface area contributed by atoms with Crippen LogP contribution in [0.1, 0.15) is 26.7 Å². The second-order valence-electron chi connectivity index (χ2n) is 3.82. The Hall–Kier alpha value is -1.72. The number of carbonyl (C=O) groups is 4. The van der Waals surface area contributed by atoms with E-state index in [-0.39, 0.29) is 0 Å². The first-order valence-corrected chi connectivity index (χ1v) is 4.96. The average molecular weight is 244 g/mol. The highest BCUT2D eigenvalue weighted by molar-refractivity contribution is 6.06. The third kappa shape index (κ3) is 3.65. The van der Waals surface area contributed by atoms with Gasteiger partial charge in [0.15, 0.2) is 5.41 Å². The first-order chi connectivity index (χ1) is 7.80. The van der Waals surface area contributed by atoms with E-state index >= 15 is 0 Å². The molecule has 96 valence electrons. The van der Waals surface area contributed by atoms with Gasteiger partial charge in [-0.2, -0.15) is 0 Å². The van der Waals surface area contributed by atoms with Gasteiger partial charge in [-0.15, -0.1) is 0 Å². The lowest BCUT2D eigenvalue weighted by atomic mass is 9.78. The number of hydrogen-bond donors (Lipinski definition) is 0. The fourth-order valence-corrected chi connectivity index (χ4v) is 1.68. The first kappa shape index (κ1) is 15.3. The molecule has 0 rings (SSSR count). The van der Waals surface area contributed by atoms with Gasteiger partial charge in [-0.1, -0.05) is 0 Å². The molecule has 0 amide bonds. The van der Waals surface area contributed by atoms with Crippen LogP contribution in [0.2, 0.25) is 0 Å². The molecule has 0 radical (unpaired) electrons. The summed E-state index contributed by atoms with van der Waals surface area (Å²) >= 11 is 0. The number of ether oxygens (including phenoxy) is 2. The lowest BCUT2D eigenvalue weighted by Gasteiger charge is -2.25. The summed E-state index contributed by atoms with van der Waals surface area (Å²) in [7, 11) is 2.17. The number of ketones is 2. The Morgan fingerprint density at radius 3 is 1.29 bits per heavy atom. The monoisotopic (exact) mass is 244 g/mol. The number of methoxy groups -OCH3 is 2. The van der Waals surface area contributed by atoms with Gasteiger partial charge in [0.05, 0.1) is 14.2 Å². The number of hydrogen-bond acceptors (Lipinski definition) is 6. The van der Waals surface area contributed by atoms with Crippen molar-refractivity contribution in [3.05, 3.63) is 0 Å². The minimum absolute atomic E-state index is 0.401. The molecule has 0 aromatic heterocycles. The highest BCUT2D eigenvalue weighted by atomic mass is 16.5. The Balaban J connectivity index is 5.50. The van der Waals surface area contributed by atoms with Gasteiger partial charge in [0.1, 0.15) is 11.6 Å². The molecular formula is C11H16O6. The number of Topliss-reactive ketones (excluding diaryl/α,β-unsaturated/α-hetero) is 2. The fourth-order valence-electron chi connectivity index (χ4n) is 1.68. The molecule has 0 atom stereocenters. The second-order valence-corrected chi connectivity index (χ2v) is 3.82. The molecule has 0 aliphatic carbocycles. The Bertz CT molecular complexity index is 310. The molecule has 17 heavy (non-hydrogen) atoms. The van der Waals surface area contributed by atoms with E-state index in [0.717, 1.165) is 14.2 Å². The SMILES string of the molecule is COC(=O)C(CC(C)=O)(CC(C)=O)C(=O)OC. The molecule has 0 bridgehead atoms. The van der Waals surface area contributed by atoms with Crippen LogP contribution in [0.25, 0.3) is 0 Å². The van der Waals surface area contributed by atoms with Gasteiger partial charge >= 0.3 is 11.9 Å². The van der Waals surface area contributed by atoms with Gasteiger partial charge < -0.3 is 9.47 Å². The topological polar surface area (TPSA) is 86.7 Å². The van der Waals surface area contributed by atoms with Crippen LogP contribution in [0.4, 0.5) is 0 Å². The van der Waals surface area contributed by atoms with Crippen molar-refractivity contribution in [3.63, 3.8) is 0 Å². The van der Waals surface area contributed by atoms with E-state index in [2.05, 4.69) is 9.47 Å². The van der Waals surface area contributed by atoms with Gasteiger partial charge in [-0.3, -0.25) is 19.2 Å². The van der Waals surface area contributed by atoms with Crippen molar-refractivity contribution in [2.75, 3.05) is 14.2 Å². The zero-order chi connectivity index (χ0) is 13.6. The molecule has 0 spiro atoms. The maximum Gasteiger partial charge on any atom is 0.324 e. The highest BCUT2D eigenvalue weighted by Gasteiger charge is 2.50. The molecule has 6 heteroatoms. The van der Waals surface area contributed by atoms with E-state index in [1.807, 2.05) is 0 Å². The van der Waals surface area contributed by atoms with E-state index in [4.69, 9.17) is 0 Å². The summed E-state index contributed by atoms with van der Waals surface area (Å²) in [5.74, 6) is -2.67. The van der Waals surface area contributed by atoms with E-state index in [1.54, 1.807) is 0 Å². The van der Waals surface area contributed by atoms with Crippen molar-refractivity contribution in [3.8, 4) is 0 Å². The van der Waals surface area contributed by atoms with Gasteiger partial charge in [-0.25, -0.2) is 0 Å². The summed E-state index contributed by atoms with van der Waals surface area (Å²) in [6.07, 6.45) is -0.822. The number of esters is 2. The van der Waals surface area contributed by atoms with Gasteiger partial charge in [0, 0.05) is 12.8 Å². The van der Waals surface area contributed by atoms with Crippen LogP contribution in [0.3, 0.4) is 0 Å². The van der Waals surface area contributed by atoms with Crippen molar-refractivity contribution in [2.45, 2.75) is 26.7 Å². The maximum absolute atomic E-state index is 11.7. The minimum Gasteiger partial charge on any atom is -0.468 e. The highest BCUT2D eigenvalue weighted by Crippen LogP contribution is 2.31. The second kappa shape index (κ2) is 6.12. The van der Waals surface area contributed by atoms with E-state index < -0.39 is 41.8 Å². The largest absolute Gasteiger partial charge is 0.468 e. The predicted molar refractivity (Wildman–Crippen MR) is 57.1 cm³/mol. The van der Waals surface area contributed by atoms with E-state index in [0.29, 0.717) is 0 Å². The summed E-state index contributed by atoms with van der Waals surface area (Å²) in [5.41, 5.74) is -1.86. The van der Waals surface area contributed by atoms with Crippen molar-refractivity contribution in [1.29, 1.82) is 0 Å². The van der Waals surface area contributed by atoms with Crippen LogP contribution >= 0.6 is 0 Å². The maximum atomic E-state index is 11.7. The smallest absolute Gasteiger partial charge is 0.324 e. The molecule has 0 aromatic rings. The van der Waals surface area contributed by atoms with Gasteiger partial charge in [-0.05, 0) is 13.8 Å². The third-order valence-corrected chi connectivity index (χ3v) is 2.25. The van der Waals surface area contributed by atoms with Gasteiger partial charge in [0.25, 0.3) is 0 Å². The molecule has 0 aliphatic rings. The summed E-state index contributed by atoms with van der Waals surface area (Å²) < 4.78 is 8.99. The molecule has 0 aromatic carbocycles. The van der Waals surface area contributed by atoms with Crippen molar-refractivity contribution in [2.24, 2.45) is 5.41 Å². The Labute approximate surface area is 99.3 Å². The van der Waals surface area contributed by atoms with Crippen molar-refractivity contribution >= 4 is 23.5 Å². The van der Waals surface area contributed by atoms with E-state index in [1.165, 1.54) is 13.8 Å². The standard InChI is InChI=1S/C11H16O6/c1-7(12)5-11(6-8(2)13,9(14)16-3)10(15)17-4/h5-6H2,1-4H3. The lowest BCUT2D eigenvalue weighted by Crippen LogP contribution is -2.44. The fraction of sp³-hybridized carbons (Fsp3) is 0.636. The Morgan fingerprint density at radius 2 is 1.12 bits per heavy atom. The molecule has 0 heterocycles. The summed E-state index contributed by atoms with van der Waals surface area (Å²) in [6, 6.07) is 0. The normalized spacial score (nSPS) is 10.6. The molecular weight excluding hydrogens is 228 g/mol. The quantitative estimate of drug-likeness (QED) is 0.492. The summed E-state index contributed by atoms with van der Waals surface area (Å²) in [4.78, 5) is 45.7. The molecule has 0 unspecified atom stereocenters. The van der Waals surface area contributed by atoms with E-state index in [9.17, 15) is 19.2 Å². The van der Waals surface area contributed by atoms with Crippen LogP contribution in [0.5, 0.6) is 0 Å². The lowest BCUT2D eigenvalue weighted by molar-refractivity contribution is -0.172. The van der Waals surface area contributed by atoms with Crippen LogP contribution in [-0.4, -0.2) is 37.7 Å². The Morgan fingerprint density at radius 1 is 0.824 bits per heavy atom. The molecule has 6 nitrogen and oxygen atoms in total. The summed E-state index contributed by atoms with van der Waals surface area (Å²) in [5, 5.41) is 0. The molecule has 0 fully saturated rings. The minimum atomic E-state index is -1.86. The number of carbonyl (C=O) groups excluding carboxylic acids is 4. The van der Waals surface area contributed by atoms with Gasteiger partial charge in [0.2, 0.25) is 0 Å². The van der Waals surface area contributed by atoms with Crippen LogP contribution in [0, 0.1) is 5.41 Å². The zero-order valence-electron chi connectivity index (χ0n) is 10.4. The molecule has 0 N–H and O–H groups in total. The first-order valence-electron chi connectivity index (χ1n) is 4.96. The average Bonchev–Trinajstić information content (AvgIpc) is 2.24. The van der Waals surface area contributed by atoms with Crippen LogP contribution in [0.15, 0.2) is 0 Å². The molecule has 0 aliphatic heterocycles. The molecule has 0 saturated heterocycles. The zero-order valence-corrected chi connectivity index (χ0v) is 10.4. The van der Waals surface area contributed by atoms with Crippen LogP contribution < -0.4 is 0 Å². The Kier molecular flexibility index (Phi) is 5.50. The predicted octanol–water partition coefficient (Wildman–Crippen LogP) is 0.277. The van der Waals surface area contributed by atoms with Crippen molar-refractivity contribution < 1.29 is 28.7 Å².